The summed E-state index contributed by atoms with van der Waals surface area (Å²) in [6.45, 7) is -0.0252. The molecule has 2 aromatic carbocycles. The van der Waals surface area contributed by atoms with E-state index >= 15 is 0 Å². The van der Waals surface area contributed by atoms with Crippen LogP contribution in [0.25, 0.3) is 21.7 Å². The van der Waals surface area contributed by atoms with Crippen LogP contribution in [0.4, 0.5) is 5.82 Å². The molecule has 0 amide bonds. The third kappa shape index (κ3) is 2.75. The molecule has 7 nitrogen and oxygen atoms in total. The molecule has 0 saturated heterocycles. The second-order valence-corrected chi connectivity index (χ2v) is 5.62. The number of benzene rings is 2. The van der Waals surface area contributed by atoms with Crippen molar-refractivity contribution in [2.24, 2.45) is 0 Å². The van der Waals surface area contributed by atoms with E-state index in [0.717, 1.165) is 16.2 Å². The summed E-state index contributed by atoms with van der Waals surface area (Å²) < 4.78 is 10.9. The van der Waals surface area contributed by atoms with Crippen molar-refractivity contribution in [3.8, 4) is 5.75 Å². The summed E-state index contributed by atoms with van der Waals surface area (Å²) in [7, 11) is 0. The number of nitro groups is 1. The molecule has 0 aliphatic carbocycles. The molecule has 0 bridgehead atoms. The first-order chi connectivity index (χ1) is 12.6. The van der Waals surface area contributed by atoms with E-state index in [1.54, 1.807) is 12.1 Å². The van der Waals surface area contributed by atoms with Crippen LogP contribution in [-0.2, 0) is 6.61 Å². The third-order valence-corrected chi connectivity index (χ3v) is 4.02. The number of pyridine rings is 1. The van der Waals surface area contributed by atoms with Crippen LogP contribution in [0.5, 0.6) is 5.75 Å². The van der Waals surface area contributed by atoms with Crippen molar-refractivity contribution in [2.75, 3.05) is 0 Å². The second-order valence-electron chi connectivity index (χ2n) is 5.62. The largest absolute Gasteiger partial charge is 0.481 e. The minimum Gasteiger partial charge on any atom is -0.481 e. The molecule has 26 heavy (non-hydrogen) atoms. The molecule has 2 heterocycles. The van der Waals surface area contributed by atoms with Gasteiger partial charge in [-0.05, 0) is 38.9 Å². The van der Waals surface area contributed by atoms with Crippen LogP contribution in [0.2, 0.25) is 0 Å². The van der Waals surface area contributed by atoms with E-state index in [1.807, 2.05) is 30.3 Å². The Labute approximate surface area is 146 Å². The molecular formula is C19H12N2O5. The Kier molecular flexibility index (Phi) is 3.81. The highest BCUT2D eigenvalue weighted by Gasteiger charge is 2.17. The van der Waals surface area contributed by atoms with Gasteiger partial charge in [-0.3, -0.25) is 0 Å². The highest BCUT2D eigenvalue weighted by atomic mass is 16.6. The van der Waals surface area contributed by atoms with E-state index in [4.69, 9.17) is 9.15 Å². The van der Waals surface area contributed by atoms with E-state index in [9.17, 15) is 14.9 Å². The van der Waals surface area contributed by atoms with E-state index in [0.29, 0.717) is 11.1 Å². The van der Waals surface area contributed by atoms with Crippen molar-refractivity contribution in [3.05, 3.63) is 86.9 Å². The van der Waals surface area contributed by atoms with Gasteiger partial charge in [-0.25, -0.2) is 4.79 Å². The molecule has 0 radical (unpaired) electrons. The van der Waals surface area contributed by atoms with E-state index in [2.05, 4.69) is 4.98 Å². The number of rotatable bonds is 4. The fraction of sp³-hybridized carbons (Fsp3) is 0.0526. The molecule has 0 atom stereocenters. The lowest BCUT2D eigenvalue weighted by molar-refractivity contribution is -0.390. The third-order valence-electron chi connectivity index (χ3n) is 4.02. The zero-order chi connectivity index (χ0) is 18.1. The van der Waals surface area contributed by atoms with Gasteiger partial charge in [0.25, 0.3) is 0 Å². The lowest BCUT2D eigenvalue weighted by Gasteiger charge is -2.10. The van der Waals surface area contributed by atoms with Crippen molar-refractivity contribution >= 4 is 27.6 Å². The highest BCUT2D eigenvalue weighted by molar-refractivity contribution is 6.07. The zero-order valence-electron chi connectivity index (χ0n) is 13.4. The molecule has 4 rings (SSSR count). The zero-order valence-corrected chi connectivity index (χ0v) is 13.4. The van der Waals surface area contributed by atoms with Gasteiger partial charge in [-0.1, -0.05) is 30.3 Å². The summed E-state index contributed by atoms with van der Waals surface area (Å²) in [5, 5.41) is 13.7. The van der Waals surface area contributed by atoms with Gasteiger partial charge in [0.2, 0.25) is 5.75 Å². The summed E-state index contributed by atoms with van der Waals surface area (Å²) in [6, 6.07) is 15.7. The van der Waals surface area contributed by atoms with Crippen molar-refractivity contribution in [1.82, 2.24) is 4.98 Å². The number of ether oxygens (including phenoxy) is 1. The fourth-order valence-electron chi connectivity index (χ4n) is 2.92. The summed E-state index contributed by atoms with van der Waals surface area (Å²) >= 11 is 0. The molecule has 0 N–H and O–H groups in total. The average Bonchev–Trinajstić information content (AvgIpc) is 2.65. The summed E-state index contributed by atoms with van der Waals surface area (Å²) in [4.78, 5) is 26.1. The number of fused-ring (bicyclic) bond motifs is 3. The number of nitrogens with zero attached hydrogens (tertiary/aromatic N) is 2. The number of hydrogen-bond donors (Lipinski definition) is 0. The van der Waals surface area contributed by atoms with Crippen molar-refractivity contribution in [2.45, 2.75) is 6.61 Å². The first-order valence-electron chi connectivity index (χ1n) is 7.80. The van der Waals surface area contributed by atoms with Crippen LogP contribution in [0.1, 0.15) is 5.56 Å². The molecule has 128 valence electrons. The van der Waals surface area contributed by atoms with Gasteiger partial charge in [0.1, 0.15) is 18.4 Å². The normalized spacial score (nSPS) is 10.9. The lowest BCUT2D eigenvalue weighted by atomic mass is 10.0. The van der Waals surface area contributed by atoms with Crippen LogP contribution in [0, 0.1) is 10.1 Å². The molecule has 7 heteroatoms. The minimum absolute atomic E-state index is 0.0252. The Morgan fingerprint density at radius 3 is 2.81 bits per heavy atom. The first-order valence-corrected chi connectivity index (χ1v) is 7.80. The van der Waals surface area contributed by atoms with Crippen molar-refractivity contribution in [1.29, 1.82) is 0 Å². The van der Waals surface area contributed by atoms with Crippen LogP contribution in [-0.4, -0.2) is 9.91 Å². The maximum absolute atomic E-state index is 11.9. The van der Waals surface area contributed by atoms with Crippen LogP contribution in [0.3, 0.4) is 0 Å². The topological polar surface area (TPSA) is 95.5 Å². The van der Waals surface area contributed by atoms with Crippen LogP contribution >= 0.6 is 0 Å². The van der Waals surface area contributed by atoms with Gasteiger partial charge < -0.3 is 19.3 Å². The van der Waals surface area contributed by atoms with Gasteiger partial charge in [-0.2, -0.15) is 0 Å². The Morgan fingerprint density at radius 2 is 1.96 bits per heavy atom. The molecule has 0 spiro atoms. The molecule has 0 unspecified atom stereocenters. The average molecular weight is 348 g/mol. The van der Waals surface area contributed by atoms with E-state index < -0.39 is 10.5 Å². The molecule has 4 aromatic rings. The summed E-state index contributed by atoms with van der Waals surface area (Å²) in [5.41, 5.74) is 0.522. The fourth-order valence-corrected chi connectivity index (χ4v) is 2.92. The van der Waals surface area contributed by atoms with Crippen molar-refractivity contribution in [3.63, 3.8) is 0 Å². The lowest BCUT2D eigenvalue weighted by Crippen LogP contribution is -2.05. The van der Waals surface area contributed by atoms with Crippen molar-refractivity contribution < 1.29 is 14.1 Å². The molecule has 0 fully saturated rings. The molecule has 0 aliphatic rings. The van der Waals surface area contributed by atoms with Crippen LogP contribution < -0.4 is 10.4 Å². The number of hydrogen-bond acceptors (Lipinski definition) is 6. The Bertz CT molecular complexity index is 1200. The molecular weight excluding hydrogens is 336 g/mol. The minimum atomic E-state index is -0.609. The predicted molar refractivity (Wildman–Crippen MR) is 95.2 cm³/mol. The first kappa shape index (κ1) is 15.8. The monoisotopic (exact) mass is 348 g/mol. The predicted octanol–water partition coefficient (Wildman–Crippen LogP) is 3.83. The quantitative estimate of drug-likeness (QED) is 0.241. The van der Waals surface area contributed by atoms with Crippen LogP contribution in [0.15, 0.2) is 70.0 Å². The standard InChI is InChI=1S/C19H12N2O5/c22-17-10-13(11-25-16-6-3-9-20-19(16)21(23)24)18-14-5-2-1-4-12(14)7-8-15(18)26-17/h1-10H,11H2. The Morgan fingerprint density at radius 1 is 1.12 bits per heavy atom. The van der Waals surface area contributed by atoms with Gasteiger partial charge in [0, 0.05) is 17.0 Å². The number of aromatic nitrogens is 1. The maximum atomic E-state index is 11.9. The molecule has 0 aliphatic heterocycles. The summed E-state index contributed by atoms with van der Waals surface area (Å²) in [6.07, 6.45) is 1.32. The van der Waals surface area contributed by atoms with Gasteiger partial charge >= 0.3 is 11.4 Å². The van der Waals surface area contributed by atoms with E-state index in [1.165, 1.54) is 18.3 Å². The molecule has 2 aromatic heterocycles. The Balaban J connectivity index is 1.83. The maximum Gasteiger partial charge on any atom is 0.406 e. The Hall–Kier alpha value is -3.74. The van der Waals surface area contributed by atoms with E-state index in [-0.39, 0.29) is 18.2 Å². The van der Waals surface area contributed by atoms with Gasteiger partial charge in [0.15, 0.2) is 0 Å². The SMILES string of the molecule is O=c1cc(COc2cccnc2[N+](=O)[O-])c2c(ccc3ccccc32)o1. The smallest absolute Gasteiger partial charge is 0.406 e. The van der Waals surface area contributed by atoms with Gasteiger partial charge in [0.05, 0.1) is 0 Å². The second kappa shape index (κ2) is 6.29. The molecule has 0 saturated carbocycles. The van der Waals surface area contributed by atoms with Gasteiger partial charge in [-0.15, -0.1) is 0 Å². The summed E-state index contributed by atoms with van der Waals surface area (Å²) in [5.74, 6) is -0.330. The highest BCUT2D eigenvalue weighted by Crippen LogP contribution is 2.29.